The van der Waals surface area contributed by atoms with E-state index in [0.717, 1.165) is 38.7 Å². The van der Waals surface area contributed by atoms with Crippen molar-refractivity contribution in [2.75, 3.05) is 165 Å². The molecule has 0 aliphatic rings. The highest BCUT2D eigenvalue weighted by atomic mass is 16.6. The van der Waals surface area contributed by atoms with E-state index in [2.05, 4.69) is 13.8 Å². The van der Waals surface area contributed by atoms with E-state index in [1.807, 2.05) is 6.92 Å². The van der Waals surface area contributed by atoms with Gasteiger partial charge in [-0.15, -0.1) is 0 Å². The first-order chi connectivity index (χ1) is 30.8. The smallest absolute Gasteiger partial charge is 0.308 e. The summed E-state index contributed by atoms with van der Waals surface area (Å²) >= 11 is 0. The second kappa shape index (κ2) is 56.1. The summed E-state index contributed by atoms with van der Waals surface area (Å²) in [6.45, 7) is 19.3. The molecular weight excluding hydrogens is 801 g/mol. The summed E-state index contributed by atoms with van der Waals surface area (Å²) in [5.74, 6) is -0.124. The van der Waals surface area contributed by atoms with Crippen LogP contribution in [0.3, 0.4) is 0 Å². The first-order valence-corrected chi connectivity index (χ1v) is 24.9. The van der Waals surface area contributed by atoms with Gasteiger partial charge in [0.2, 0.25) is 0 Å². The lowest BCUT2D eigenvalue weighted by Crippen LogP contribution is -2.20. The summed E-state index contributed by atoms with van der Waals surface area (Å²) in [7, 11) is 0. The number of ether oxygens (including phenoxy) is 13. The predicted octanol–water partition coefficient (Wildman–Crippen LogP) is 8.43. The lowest BCUT2D eigenvalue weighted by atomic mass is 10.00. The Morgan fingerprint density at radius 1 is 0.274 bits per heavy atom. The Hall–Kier alpha value is -1.01. The monoisotopic (exact) mass is 897 g/mol. The molecule has 1 atom stereocenters. The molecule has 1 unspecified atom stereocenters. The minimum Gasteiger partial charge on any atom is -0.463 e. The van der Waals surface area contributed by atoms with Crippen LogP contribution in [0.15, 0.2) is 0 Å². The van der Waals surface area contributed by atoms with Crippen molar-refractivity contribution in [2.24, 2.45) is 5.92 Å². The van der Waals surface area contributed by atoms with Gasteiger partial charge in [0, 0.05) is 6.61 Å². The van der Waals surface area contributed by atoms with Gasteiger partial charge in [-0.1, -0.05) is 117 Å². The third kappa shape index (κ3) is 51.6. The van der Waals surface area contributed by atoms with Gasteiger partial charge in [-0.25, -0.2) is 0 Å². The molecule has 0 aliphatic heterocycles. The second-order valence-corrected chi connectivity index (χ2v) is 15.4. The van der Waals surface area contributed by atoms with Gasteiger partial charge >= 0.3 is 5.97 Å². The predicted molar refractivity (Wildman–Crippen MR) is 244 cm³/mol. The zero-order chi connectivity index (χ0) is 44.8. The summed E-state index contributed by atoms with van der Waals surface area (Å²) in [6.07, 6.45) is 23.0. The van der Waals surface area contributed by atoms with Crippen LogP contribution in [0.1, 0.15) is 136 Å². The van der Waals surface area contributed by atoms with E-state index in [9.17, 15) is 4.79 Å². The highest BCUT2D eigenvalue weighted by Crippen LogP contribution is 2.15. The molecule has 0 saturated carbocycles. The Labute approximate surface area is 379 Å². The molecular formula is C48H96O14. The minimum atomic E-state index is -0.119. The van der Waals surface area contributed by atoms with Crippen molar-refractivity contribution in [3.05, 3.63) is 0 Å². The van der Waals surface area contributed by atoms with Gasteiger partial charge in [-0.2, -0.15) is 0 Å². The lowest BCUT2D eigenvalue weighted by Gasteiger charge is -2.13. The quantitative estimate of drug-likeness (QED) is 0.0427. The minimum absolute atomic E-state index is 0.00471. The van der Waals surface area contributed by atoms with E-state index in [1.165, 1.54) is 83.5 Å². The largest absolute Gasteiger partial charge is 0.463 e. The van der Waals surface area contributed by atoms with Gasteiger partial charge < -0.3 is 61.6 Å². The van der Waals surface area contributed by atoms with Gasteiger partial charge in [0.05, 0.1) is 158 Å². The van der Waals surface area contributed by atoms with Crippen LogP contribution in [0.2, 0.25) is 0 Å². The molecule has 0 amide bonds. The molecule has 0 saturated heterocycles. The molecule has 0 aromatic rings. The van der Waals surface area contributed by atoms with Gasteiger partial charge in [-0.3, -0.25) is 4.79 Å². The number of hydrogen-bond donors (Lipinski definition) is 0. The maximum atomic E-state index is 12.0. The van der Waals surface area contributed by atoms with E-state index < -0.39 is 0 Å². The van der Waals surface area contributed by atoms with E-state index in [0.29, 0.717) is 152 Å². The normalized spacial score (nSPS) is 12.1. The molecule has 14 nitrogen and oxygen atoms in total. The summed E-state index contributed by atoms with van der Waals surface area (Å²) in [4.78, 5) is 12.0. The second-order valence-electron chi connectivity index (χ2n) is 15.4. The SMILES string of the molecule is CCCCCCCCCCCCCCCCOCCOCCOCCOCCOCCOCCOCCOCCOCCOCCOCCOCCOC(=O)C(CC)CCCC. The Balaban J connectivity index is 3.12. The molecule has 0 bridgehead atoms. The van der Waals surface area contributed by atoms with Crippen LogP contribution in [0, 0.1) is 5.92 Å². The number of hydrogen-bond acceptors (Lipinski definition) is 14. The molecule has 0 fully saturated rings. The van der Waals surface area contributed by atoms with Crippen LogP contribution in [0.4, 0.5) is 0 Å². The summed E-state index contributed by atoms with van der Waals surface area (Å²) in [6, 6.07) is 0. The Morgan fingerprint density at radius 3 is 0.758 bits per heavy atom. The van der Waals surface area contributed by atoms with E-state index >= 15 is 0 Å². The molecule has 0 radical (unpaired) electrons. The Morgan fingerprint density at radius 2 is 0.500 bits per heavy atom. The van der Waals surface area contributed by atoms with E-state index in [4.69, 9.17) is 61.6 Å². The zero-order valence-corrected chi connectivity index (χ0v) is 40.2. The maximum Gasteiger partial charge on any atom is 0.308 e. The summed E-state index contributed by atoms with van der Waals surface area (Å²) in [5, 5.41) is 0. The van der Waals surface area contributed by atoms with Crippen molar-refractivity contribution in [1.29, 1.82) is 0 Å². The van der Waals surface area contributed by atoms with Crippen LogP contribution < -0.4 is 0 Å². The van der Waals surface area contributed by atoms with Crippen molar-refractivity contribution in [3.63, 3.8) is 0 Å². The molecule has 0 aromatic carbocycles. The third-order valence-corrected chi connectivity index (χ3v) is 9.94. The molecule has 0 heterocycles. The van der Waals surface area contributed by atoms with Crippen LogP contribution in [-0.4, -0.2) is 171 Å². The first-order valence-electron chi connectivity index (χ1n) is 24.9. The van der Waals surface area contributed by atoms with E-state index in [-0.39, 0.29) is 18.5 Å². The van der Waals surface area contributed by atoms with Crippen molar-refractivity contribution in [1.82, 2.24) is 0 Å². The number of rotatable bonds is 56. The lowest BCUT2D eigenvalue weighted by molar-refractivity contribution is -0.150. The van der Waals surface area contributed by atoms with Crippen molar-refractivity contribution < 1.29 is 66.4 Å². The molecule has 62 heavy (non-hydrogen) atoms. The van der Waals surface area contributed by atoms with Crippen LogP contribution in [-0.2, 0) is 66.4 Å². The Kier molecular flexibility index (Phi) is 55.2. The number of unbranched alkanes of at least 4 members (excludes halogenated alkanes) is 14. The topological polar surface area (TPSA) is 137 Å². The average molecular weight is 897 g/mol. The fraction of sp³-hybridized carbons (Fsp3) is 0.979. The molecule has 0 aliphatic carbocycles. The van der Waals surface area contributed by atoms with Crippen LogP contribution >= 0.6 is 0 Å². The van der Waals surface area contributed by atoms with Gasteiger partial charge in [-0.05, 0) is 19.3 Å². The van der Waals surface area contributed by atoms with Crippen LogP contribution in [0.5, 0.6) is 0 Å². The molecule has 14 heteroatoms. The molecule has 0 aromatic heterocycles. The molecule has 372 valence electrons. The van der Waals surface area contributed by atoms with Crippen molar-refractivity contribution in [3.8, 4) is 0 Å². The standard InChI is InChI=1S/C48H96O14/c1-4-7-9-10-11-12-13-14-15-16-17-18-19-20-22-50-23-24-51-25-26-52-27-28-53-29-30-54-31-32-55-33-34-56-35-36-57-37-38-58-39-40-59-41-42-60-43-44-61-45-46-62-48(49)47(6-3)21-8-5-2/h47H,4-46H2,1-3H3. The first kappa shape index (κ1) is 61.0. The van der Waals surface area contributed by atoms with Gasteiger partial charge in [0.15, 0.2) is 0 Å². The fourth-order valence-corrected chi connectivity index (χ4v) is 6.18. The van der Waals surface area contributed by atoms with E-state index in [1.54, 1.807) is 0 Å². The van der Waals surface area contributed by atoms with Crippen LogP contribution in [0.25, 0.3) is 0 Å². The Bertz CT molecular complexity index is 827. The summed E-state index contributed by atoms with van der Waals surface area (Å²) in [5.41, 5.74) is 0. The summed E-state index contributed by atoms with van der Waals surface area (Å²) < 4.78 is 71.7. The average Bonchev–Trinajstić information content (AvgIpc) is 3.28. The zero-order valence-electron chi connectivity index (χ0n) is 40.2. The number of esters is 1. The van der Waals surface area contributed by atoms with Gasteiger partial charge in [0.1, 0.15) is 6.61 Å². The molecule has 0 rings (SSSR count). The third-order valence-electron chi connectivity index (χ3n) is 9.94. The molecule has 0 spiro atoms. The van der Waals surface area contributed by atoms with Crippen molar-refractivity contribution in [2.45, 2.75) is 136 Å². The fourth-order valence-electron chi connectivity index (χ4n) is 6.18. The molecule has 0 N–H and O–H groups in total. The maximum absolute atomic E-state index is 12.0. The van der Waals surface area contributed by atoms with Gasteiger partial charge in [0.25, 0.3) is 0 Å². The van der Waals surface area contributed by atoms with Crippen molar-refractivity contribution >= 4 is 5.97 Å². The highest BCUT2D eigenvalue weighted by molar-refractivity contribution is 5.72. The number of carbonyl (C=O) groups excluding carboxylic acids is 1. The highest BCUT2D eigenvalue weighted by Gasteiger charge is 2.17. The number of carbonyl (C=O) groups is 1.